The predicted octanol–water partition coefficient (Wildman–Crippen LogP) is 8.17. The molecule has 0 rings (SSSR count). The predicted molar refractivity (Wildman–Crippen MR) is 164 cm³/mol. The number of carbonyl (C=O) groups excluding carboxylic acids is 2. The number of hydrogen-bond acceptors (Lipinski definition) is 5. The molecule has 0 radical (unpaired) electrons. The quantitative estimate of drug-likeness (QED) is 0.0548. The van der Waals surface area contributed by atoms with E-state index in [-0.39, 0.29) is 57.6 Å². The molecule has 0 aromatic heterocycles. The van der Waals surface area contributed by atoms with Crippen molar-refractivity contribution in [3.8, 4) is 0 Å². The van der Waals surface area contributed by atoms with E-state index in [1.807, 2.05) is 0 Å². The van der Waals surface area contributed by atoms with Crippen molar-refractivity contribution in [2.75, 3.05) is 0 Å². The van der Waals surface area contributed by atoms with Gasteiger partial charge in [-0.2, -0.15) is 0 Å². The molecule has 0 saturated carbocycles. The van der Waals surface area contributed by atoms with Gasteiger partial charge < -0.3 is 21.2 Å². The van der Waals surface area contributed by atoms with Gasteiger partial charge in [0.25, 0.3) is 0 Å². The SMILES string of the molecule is CCCCCCCCC(CCCCCCC)C(O)C(=O)OC(CCCCCCC)CCCCCCC(=O)[O-].[Ca+2].[H-]. The van der Waals surface area contributed by atoms with Crippen molar-refractivity contribution in [3.05, 3.63) is 0 Å². The van der Waals surface area contributed by atoms with Crippen LogP contribution in [0, 0.1) is 5.92 Å². The Balaban J connectivity index is -0.00000684. The molecule has 39 heavy (non-hydrogen) atoms. The summed E-state index contributed by atoms with van der Waals surface area (Å²) < 4.78 is 5.96. The second kappa shape index (κ2) is 31.1. The van der Waals surface area contributed by atoms with Crippen molar-refractivity contribution in [1.82, 2.24) is 0 Å². The largest absolute Gasteiger partial charge is 2.00 e. The van der Waals surface area contributed by atoms with Gasteiger partial charge >= 0.3 is 43.7 Å². The average molecular weight is 581 g/mol. The van der Waals surface area contributed by atoms with Crippen LogP contribution < -0.4 is 5.11 Å². The molecular formula is C33H64CaO5. The fraction of sp³-hybridized carbons (Fsp3) is 0.939. The standard InChI is InChI=1S/C33H64O5.Ca.H/c1-4-7-10-13-16-20-25-29(24-19-14-11-8-5-2)32(36)33(37)38-30(26-21-15-12-9-6-3)27-22-17-18-23-28-31(34)35;;/h29-30,32,36H,4-28H2,1-3H3,(H,34,35);;/q;+2;-1/p-1. The monoisotopic (exact) mass is 580 g/mol. The minimum Gasteiger partial charge on any atom is -1.00 e. The number of aliphatic hydroxyl groups is 1. The third kappa shape index (κ3) is 26.8. The summed E-state index contributed by atoms with van der Waals surface area (Å²) in [5.74, 6) is -1.42. The molecule has 5 nitrogen and oxygen atoms in total. The molecule has 0 aromatic carbocycles. The zero-order valence-electron chi connectivity index (χ0n) is 27.2. The second-order valence-electron chi connectivity index (χ2n) is 11.6. The van der Waals surface area contributed by atoms with Gasteiger partial charge in [0.15, 0.2) is 6.10 Å². The van der Waals surface area contributed by atoms with Crippen LogP contribution in [0.1, 0.15) is 183 Å². The Kier molecular flexibility index (Phi) is 32.9. The van der Waals surface area contributed by atoms with E-state index in [1.165, 1.54) is 77.0 Å². The van der Waals surface area contributed by atoms with E-state index in [9.17, 15) is 19.8 Å². The molecular weight excluding hydrogens is 516 g/mol. The van der Waals surface area contributed by atoms with E-state index in [0.717, 1.165) is 70.6 Å². The summed E-state index contributed by atoms with van der Waals surface area (Å²) in [6, 6.07) is 0. The smallest absolute Gasteiger partial charge is 1.00 e. The fourth-order valence-corrected chi connectivity index (χ4v) is 5.32. The van der Waals surface area contributed by atoms with Crippen LogP contribution in [0.15, 0.2) is 0 Å². The maximum Gasteiger partial charge on any atom is 2.00 e. The van der Waals surface area contributed by atoms with Gasteiger partial charge in [0.1, 0.15) is 6.10 Å². The van der Waals surface area contributed by atoms with Crippen molar-refractivity contribution in [1.29, 1.82) is 0 Å². The number of carbonyl (C=O) groups is 2. The van der Waals surface area contributed by atoms with Gasteiger partial charge in [-0.3, -0.25) is 0 Å². The van der Waals surface area contributed by atoms with E-state index in [0.29, 0.717) is 6.42 Å². The number of esters is 1. The molecule has 3 unspecified atom stereocenters. The van der Waals surface area contributed by atoms with E-state index in [2.05, 4.69) is 20.8 Å². The number of hydrogen-bond donors (Lipinski definition) is 1. The summed E-state index contributed by atoms with van der Waals surface area (Å²) in [5.41, 5.74) is 0. The van der Waals surface area contributed by atoms with Gasteiger partial charge in [-0.15, -0.1) is 0 Å². The summed E-state index contributed by atoms with van der Waals surface area (Å²) in [4.78, 5) is 23.7. The minimum absolute atomic E-state index is 0. The summed E-state index contributed by atoms with van der Waals surface area (Å²) in [5, 5.41) is 21.7. The molecule has 0 fully saturated rings. The van der Waals surface area contributed by atoms with Crippen LogP contribution in [0.4, 0.5) is 0 Å². The normalized spacial score (nSPS) is 13.4. The Morgan fingerprint density at radius 2 is 0.974 bits per heavy atom. The van der Waals surface area contributed by atoms with Crippen LogP contribution in [0.3, 0.4) is 0 Å². The van der Waals surface area contributed by atoms with Crippen LogP contribution >= 0.6 is 0 Å². The maximum atomic E-state index is 13.1. The second-order valence-corrected chi connectivity index (χ2v) is 11.6. The minimum atomic E-state index is -1.03. The Labute approximate surface area is 273 Å². The van der Waals surface area contributed by atoms with Crippen molar-refractivity contribution < 1.29 is 26.0 Å². The molecule has 0 spiro atoms. The topological polar surface area (TPSA) is 86.7 Å². The molecule has 228 valence electrons. The van der Waals surface area contributed by atoms with E-state index in [1.54, 1.807) is 0 Å². The number of rotatable bonds is 29. The van der Waals surface area contributed by atoms with Crippen molar-refractivity contribution >= 4 is 49.7 Å². The molecule has 0 heterocycles. The zero-order chi connectivity index (χ0) is 28.3. The molecule has 0 aliphatic rings. The molecule has 0 amide bonds. The molecule has 3 atom stereocenters. The number of carboxylic acid groups (broad SMARTS) is 1. The van der Waals surface area contributed by atoms with Crippen molar-refractivity contribution in [2.45, 2.75) is 193 Å². The Morgan fingerprint density at radius 3 is 1.38 bits per heavy atom. The molecule has 0 aliphatic carbocycles. The van der Waals surface area contributed by atoms with Crippen molar-refractivity contribution in [3.63, 3.8) is 0 Å². The summed E-state index contributed by atoms with van der Waals surface area (Å²) >= 11 is 0. The molecule has 6 heteroatoms. The van der Waals surface area contributed by atoms with Crippen LogP contribution in [-0.4, -0.2) is 67.0 Å². The first-order valence-corrected chi connectivity index (χ1v) is 16.5. The van der Waals surface area contributed by atoms with E-state index >= 15 is 0 Å². The first-order valence-electron chi connectivity index (χ1n) is 16.5. The molecule has 0 aromatic rings. The van der Waals surface area contributed by atoms with Crippen LogP contribution in [-0.2, 0) is 14.3 Å². The number of aliphatic hydroxyl groups excluding tert-OH is 1. The van der Waals surface area contributed by atoms with Gasteiger partial charge in [-0.25, -0.2) is 4.79 Å². The third-order valence-corrected chi connectivity index (χ3v) is 7.86. The zero-order valence-corrected chi connectivity index (χ0v) is 28.4. The number of carboxylic acids is 1. The Hall–Kier alpha value is 0.160. The van der Waals surface area contributed by atoms with Gasteiger partial charge in [0.05, 0.1) is 0 Å². The number of aliphatic carboxylic acids is 1. The molecule has 1 N–H and O–H groups in total. The van der Waals surface area contributed by atoms with Crippen LogP contribution in [0.2, 0.25) is 0 Å². The van der Waals surface area contributed by atoms with Gasteiger partial charge in [0.2, 0.25) is 0 Å². The molecule has 0 bridgehead atoms. The first-order chi connectivity index (χ1) is 18.5. The van der Waals surface area contributed by atoms with Crippen LogP contribution in [0.25, 0.3) is 0 Å². The summed E-state index contributed by atoms with van der Waals surface area (Å²) in [7, 11) is 0. The number of unbranched alkanes of at least 4 members (excludes halogenated alkanes) is 16. The first kappa shape index (κ1) is 41.3. The van der Waals surface area contributed by atoms with Crippen LogP contribution in [0.5, 0.6) is 0 Å². The number of ether oxygens (including phenoxy) is 1. The molecule has 0 aliphatic heterocycles. The van der Waals surface area contributed by atoms with E-state index in [4.69, 9.17) is 4.74 Å². The third-order valence-electron chi connectivity index (χ3n) is 7.86. The molecule has 0 saturated heterocycles. The van der Waals surface area contributed by atoms with Gasteiger partial charge in [-0.1, -0.05) is 130 Å². The fourth-order valence-electron chi connectivity index (χ4n) is 5.32. The average Bonchev–Trinajstić information content (AvgIpc) is 2.90. The Bertz CT molecular complexity index is 549. The summed E-state index contributed by atoms with van der Waals surface area (Å²) in [6.45, 7) is 6.65. The maximum absolute atomic E-state index is 13.1. The van der Waals surface area contributed by atoms with Crippen molar-refractivity contribution in [2.24, 2.45) is 5.92 Å². The van der Waals surface area contributed by atoms with Gasteiger partial charge in [0, 0.05) is 5.97 Å². The summed E-state index contributed by atoms with van der Waals surface area (Å²) in [6.07, 6.45) is 24.7. The Morgan fingerprint density at radius 1 is 0.615 bits per heavy atom. The van der Waals surface area contributed by atoms with Gasteiger partial charge in [-0.05, 0) is 57.3 Å². The van der Waals surface area contributed by atoms with E-state index < -0.39 is 18.0 Å².